The maximum atomic E-state index is 12.5. The summed E-state index contributed by atoms with van der Waals surface area (Å²) in [6.45, 7) is 10.1. The molecule has 1 fully saturated rings. The third-order valence-electron chi connectivity index (χ3n) is 3.94. The first-order valence-corrected chi connectivity index (χ1v) is 7.94. The largest absolute Gasteiger partial charge is 0.444 e. The van der Waals surface area contributed by atoms with Gasteiger partial charge < -0.3 is 9.64 Å². The predicted octanol–water partition coefficient (Wildman–Crippen LogP) is 4.43. The zero-order valence-electron chi connectivity index (χ0n) is 14.1. The highest BCUT2D eigenvalue weighted by atomic mass is 16.6. The number of nitrogens with zero attached hydrogens (tertiary/aromatic N) is 2. The number of allylic oxidation sites excluding steroid dienone is 1. The van der Waals surface area contributed by atoms with Gasteiger partial charge in [0.05, 0.1) is 17.7 Å². The van der Waals surface area contributed by atoms with Gasteiger partial charge in [-0.05, 0) is 57.2 Å². The van der Waals surface area contributed by atoms with Gasteiger partial charge in [-0.15, -0.1) is 6.58 Å². The summed E-state index contributed by atoms with van der Waals surface area (Å²) >= 11 is 0. The maximum absolute atomic E-state index is 12.5. The molecule has 1 aliphatic heterocycles. The van der Waals surface area contributed by atoms with E-state index in [-0.39, 0.29) is 12.1 Å². The van der Waals surface area contributed by atoms with E-state index in [2.05, 4.69) is 12.6 Å². The minimum atomic E-state index is -0.511. The van der Waals surface area contributed by atoms with Crippen molar-refractivity contribution in [2.75, 3.05) is 6.54 Å². The van der Waals surface area contributed by atoms with Crippen molar-refractivity contribution >= 4 is 6.09 Å². The van der Waals surface area contributed by atoms with Crippen molar-refractivity contribution in [2.45, 2.75) is 45.3 Å². The Hall–Kier alpha value is -2.28. The van der Waals surface area contributed by atoms with Crippen LogP contribution in [0.5, 0.6) is 0 Å². The predicted molar refractivity (Wildman–Crippen MR) is 89.8 cm³/mol. The molecule has 1 aromatic carbocycles. The number of carbonyl (C=O) groups is 1. The highest BCUT2D eigenvalue weighted by Gasteiger charge is 2.37. The Balaban J connectivity index is 2.23. The smallest absolute Gasteiger partial charge is 0.410 e. The molecular formula is C19H24N2O2. The number of likely N-dealkylation sites (tertiary alicyclic amines) is 1. The number of benzene rings is 1. The molecule has 0 radical (unpaired) electrons. The Labute approximate surface area is 138 Å². The Kier molecular flexibility index (Phi) is 5.10. The number of hydrogen-bond donors (Lipinski definition) is 0. The van der Waals surface area contributed by atoms with Crippen LogP contribution in [-0.2, 0) is 4.74 Å². The van der Waals surface area contributed by atoms with Gasteiger partial charge in [0, 0.05) is 6.54 Å². The topological polar surface area (TPSA) is 53.3 Å². The van der Waals surface area contributed by atoms with Crippen molar-refractivity contribution in [1.82, 2.24) is 4.90 Å². The molecule has 23 heavy (non-hydrogen) atoms. The van der Waals surface area contributed by atoms with Gasteiger partial charge in [0.1, 0.15) is 5.60 Å². The molecule has 4 heteroatoms. The molecule has 0 aliphatic carbocycles. The number of hydrogen-bond acceptors (Lipinski definition) is 3. The van der Waals surface area contributed by atoms with E-state index < -0.39 is 5.60 Å². The first-order chi connectivity index (χ1) is 10.8. The zero-order chi connectivity index (χ0) is 17.0. The van der Waals surface area contributed by atoms with Crippen LogP contribution < -0.4 is 0 Å². The molecule has 1 saturated heterocycles. The fourth-order valence-corrected chi connectivity index (χ4v) is 2.95. The first kappa shape index (κ1) is 17.1. The molecule has 0 spiro atoms. The average molecular weight is 312 g/mol. The lowest BCUT2D eigenvalue weighted by atomic mass is 9.97. The minimum absolute atomic E-state index is 0.0115. The van der Waals surface area contributed by atoms with Crippen LogP contribution in [-0.4, -0.2) is 23.1 Å². The fraction of sp³-hybridized carbons (Fsp3) is 0.474. The van der Waals surface area contributed by atoms with Crippen LogP contribution in [0.2, 0.25) is 0 Å². The van der Waals surface area contributed by atoms with E-state index in [1.54, 1.807) is 17.0 Å². The van der Waals surface area contributed by atoms with Crippen LogP contribution in [0, 0.1) is 17.2 Å². The first-order valence-electron chi connectivity index (χ1n) is 7.94. The van der Waals surface area contributed by atoms with Gasteiger partial charge in [0.15, 0.2) is 0 Å². The zero-order valence-corrected chi connectivity index (χ0v) is 14.1. The van der Waals surface area contributed by atoms with E-state index in [9.17, 15) is 4.79 Å². The number of rotatable bonds is 3. The monoisotopic (exact) mass is 312 g/mol. The lowest BCUT2D eigenvalue weighted by Crippen LogP contribution is -2.36. The summed E-state index contributed by atoms with van der Waals surface area (Å²) in [6.07, 6.45) is 3.39. The van der Waals surface area contributed by atoms with Gasteiger partial charge in [0.25, 0.3) is 0 Å². The normalized spacial score (nSPS) is 20.9. The fourth-order valence-electron chi connectivity index (χ4n) is 2.95. The molecule has 122 valence electrons. The van der Waals surface area contributed by atoms with Crippen molar-refractivity contribution in [3.8, 4) is 6.07 Å². The lowest BCUT2D eigenvalue weighted by molar-refractivity contribution is 0.0219. The number of amides is 1. The third kappa shape index (κ3) is 4.35. The molecule has 2 atom stereocenters. The molecule has 2 unspecified atom stereocenters. The van der Waals surface area contributed by atoms with E-state index in [0.717, 1.165) is 18.4 Å². The number of ether oxygens (including phenoxy) is 1. The molecule has 2 rings (SSSR count). The van der Waals surface area contributed by atoms with Gasteiger partial charge in [-0.3, -0.25) is 0 Å². The number of carbonyl (C=O) groups excluding carboxylic acids is 1. The van der Waals surface area contributed by atoms with Crippen LogP contribution in [0.4, 0.5) is 4.79 Å². The Morgan fingerprint density at radius 3 is 2.61 bits per heavy atom. The summed E-state index contributed by atoms with van der Waals surface area (Å²) < 4.78 is 5.55. The quantitative estimate of drug-likeness (QED) is 0.776. The summed E-state index contributed by atoms with van der Waals surface area (Å²) in [5, 5.41) is 8.93. The summed E-state index contributed by atoms with van der Waals surface area (Å²) in [5.41, 5.74) is 1.16. The van der Waals surface area contributed by atoms with Crippen molar-refractivity contribution < 1.29 is 9.53 Å². The molecule has 1 heterocycles. The SMILES string of the molecule is C=CCC1CC(c2ccc(C#N)cc2)N(C(=O)OC(C)(C)C)C1. The molecule has 0 bridgehead atoms. The van der Waals surface area contributed by atoms with E-state index in [1.165, 1.54) is 0 Å². The Morgan fingerprint density at radius 1 is 1.43 bits per heavy atom. The Bertz CT molecular complexity index is 608. The molecule has 4 nitrogen and oxygen atoms in total. The van der Waals surface area contributed by atoms with Crippen LogP contribution in [0.1, 0.15) is 50.8 Å². The lowest BCUT2D eigenvalue weighted by Gasteiger charge is -2.28. The second-order valence-corrected chi connectivity index (χ2v) is 7.01. The standard InChI is InChI=1S/C19H24N2O2/c1-5-6-15-11-17(16-9-7-14(12-20)8-10-16)21(13-15)18(22)23-19(2,3)4/h5,7-10,15,17H,1,6,11,13H2,2-4H3. The van der Waals surface area contributed by atoms with Gasteiger partial charge in [-0.25, -0.2) is 4.79 Å². The van der Waals surface area contributed by atoms with E-state index in [1.807, 2.05) is 39.0 Å². The molecule has 0 N–H and O–H groups in total. The molecular weight excluding hydrogens is 288 g/mol. The van der Waals surface area contributed by atoms with Crippen LogP contribution >= 0.6 is 0 Å². The van der Waals surface area contributed by atoms with Gasteiger partial charge in [0.2, 0.25) is 0 Å². The summed E-state index contributed by atoms with van der Waals surface area (Å²) in [6, 6.07) is 9.55. The second kappa shape index (κ2) is 6.87. The highest BCUT2D eigenvalue weighted by molar-refractivity contribution is 5.69. The van der Waals surface area contributed by atoms with E-state index >= 15 is 0 Å². The van der Waals surface area contributed by atoms with Crippen LogP contribution in [0.15, 0.2) is 36.9 Å². The van der Waals surface area contributed by atoms with Gasteiger partial charge in [-0.1, -0.05) is 18.2 Å². The maximum Gasteiger partial charge on any atom is 0.410 e. The van der Waals surface area contributed by atoms with E-state index in [0.29, 0.717) is 18.0 Å². The summed E-state index contributed by atoms with van der Waals surface area (Å²) in [4.78, 5) is 14.3. The third-order valence-corrected chi connectivity index (χ3v) is 3.94. The summed E-state index contributed by atoms with van der Waals surface area (Å²) in [7, 11) is 0. The molecule has 0 saturated carbocycles. The van der Waals surface area contributed by atoms with Crippen molar-refractivity contribution in [1.29, 1.82) is 5.26 Å². The van der Waals surface area contributed by atoms with Crippen LogP contribution in [0.3, 0.4) is 0 Å². The van der Waals surface area contributed by atoms with Crippen molar-refractivity contribution in [3.05, 3.63) is 48.0 Å². The van der Waals surface area contributed by atoms with Gasteiger partial charge >= 0.3 is 6.09 Å². The average Bonchev–Trinajstić information content (AvgIpc) is 2.90. The van der Waals surface area contributed by atoms with Gasteiger partial charge in [-0.2, -0.15) is 5.26 Å². The highest BCUT2D eigenvalue weighted by Crippen LogP contribution is 2.38. The van der Waals surface area contributed by atoms with Crippen molar-refractivity contribution in [2.24, 2.45) is 5.92 Å². The van der Waals surface area contributed by atoms with E-state index in [4.69, 9.17) is 10.00 Å². The van der Waals surface area contributed by atoms with Crippen molar-refractivity contribution in [3.63, 3.8) is 0 Å². The summed E-state index contributed by atoms with van der Waals surface area (Å²) in [5.74, 6) is 0.390. The Morgan fingerprint density at radius 2 is 2.09 bits per heavy atom. The molecule has 1 aliphatic rings. The molecule has 1 aromatic rings. The second-order valence-electron chi connectivity index (χ2n) is 7.01. The number of nitriles is 1. The minimum Gasteiger partial charge on any atom is -0.444 e. The van der Waals surface area contributed by atoms with Crippen LogP contribution in [0.25, 0.3) is 0 Å². The molecule has 0 aromatic heterocycles. The molecule has 1 amide bonds.